The third-order valence-electron chi connectivity index (χ3n) is 3.02. The molecule has 0 fully saturated rings. The topological polar surface area (TPSA) is 79.8 Å². The quantitative estimate of drug-likeness (QED) is 0.775. The van der Waals surface area contributed by atoms with Crippen molar-refractivity contribution >= 4 is 11.7 Å². The second kappa shape index (κ2) is 5.65. The number of carbonyl (C=O) groups is 1. The fraction of sp³-hybridized carbons (Fsp3) is 0. The number of hydrogen-bond acceptors (Lipinski definition) is 3. The summed E-state index contributed by atoms with van der Waals surface area (Å²) in [5.74, 6) is -1.65. The molecule has 6 nitrogen and oxygen atoms in total. The molecule has 2 heterocycles. The lowest BCUT2D eigenvalue weighted by atomic mass is 10.2. The summed E-state index contributed by atoms with van der Waals surface area (Å²) < 4.78 is 15.3. The first kappa shape index (κ1) is 13.7. The molecule has 0 saturated heterocycles. The van der Waals surface area contributed by atoms with Crippen LogP contribution in [0.5, 0.6) is 0 Å². The summed E-state index contributed by atoms with van der Waals surface area (Å²) in [4.78, 5) is 28.6. The van der Waals surface area contributed by atoms with E-state index in [0.29, 0.717) is 5.56 Å². The Balaban J connectivity index is 1.88. The van der Waals surface area contributed by atoms with Crippen LogP contribution in [0.3, 0.4) is 0 Å². The van der Waals surface area contributed by atoms with Gasteiger partial charge in [0, 0.05) is 23.6 Å². The molecule has 3 aromatic rings. The van der Waals surface area contributed by atoms with E-state index in [2.05, 4.69) is 15.3 Å². The highest BCUT2D eigenvalue weighted by atomic mass is 19.1. The van der Waals surface area contributed by atoms with Gasteiger partial charge in [0.1, 0.15) is 0 Å². The Morgan fingerprint density at radius 1 is 1.23 bits per heavy atom. The third-order valence-corrected chi connectivity index (χ3v) is 3.02. The summed E-state index contributed by atoms with van der Waals surface area (Å²) in [6.45, 7) is 0. The number of amides is 1. The second-order valence-electron chi connectivity index (χ2n) is 4.51. The first-order chi connectivity index (χ1) is 10.6. The maximum atomic E-state index is 13.5. The summed E-state index contributed by atoms with van der Waals surface area (Å²) >= 11 is 0. The van der Waals surface area contributed by atoms with E-state index in [1.165, 1.54) is 0 Å². The Bertz CT molecular complexity index is 871. The van der Waals surface area contributed by atoms with Crippen LogP contribution >= 0.6 is 0 Å². The molecule has 2 aromatic heterocycles. The van der Waals surface area contributed by atoms with Gasteiger partial charge in [0.05, 0.1) is 6.20 Å². The molecule has 110 valence electrons. The summed E-state index contributed by atoms with van der Waals surface area (Å²) in [5, 5.41) is 2.32. The highest BCUT2D eigenvalue weighted by Gasteiger charge is 2.11. The van der Waals surface area contributed by atoms with Crippen molar-refractivity contribution in [1.29, 1.82) is 0 Å². The molecule has 0 saturated carbocycles. The van der Waals surface area contributed by atoms with Gasteiger partial charge in [-0.3, -0.25) is 9.78 Å². The number of halogens is 1. The number of nitrogens with one attached hydrogen (secondary N) is 2. The van der Waals surface area contributed by atoms with E-state index in [4.69, 9.17) is 0 Å². The molecule has 0 radical (unpaired) electrons. The van der Waals surface area contributed by atoms with Crippen LogP contribution in [0.15, 0.2) is 59.8 Å². The number of aromatic nitrogens is 3. The van der Waals surface area contributed by atoms with Gasteiger partial charge in [-0.15, -0.1) is 0 Å². The maximum Gasteiger partial charge on any atom is 0.346 e. The number of hydrogen-bond donors (Lipinski definition) is 2. The zero-order valence-electron chi connectivity index (χ0n) is 11.3. The van der Waals surface area contributed by atoms with Crippen LogP contribution in [0.2, 0.25) is 0 Å². The zero-order chi connectivity index (χ0) is 15.5. The summed E-state index contributed by atoms with van der Waals surface area (Å²) in [6, 6.07) is 10.5. The Morgan fingerprint density at radius 3 is 2.77 bits per heavy atom. The predicted molar refractivity (Wildman–Crippen MR) is 78.5 cm³/mol. The summed E-state index contributed by atoms with van der Waals surface area (Å²) in [7, 11) is 0. The van der Waals surface area contributed by atoms with Gasteiger partial charge in [-0.2, -0.15) is 4.98 Å². The van der Waals surface area contributed by atoms with Crippen LogP contribution in [0, 0.1) is 5.82 Å². The molecule has 0 unspecified atom stereocenters. The maximum absolute atomic E-state index is 13.5. The summed E-state index contributed by atoms with van der Waals surface area (Å²) in [6.07, 6.45) is 4.44. The standard InChI is InChI=1S/C15H11FN4O2/c16-12-9-17-15(22)19-13(12)18-14(21)10-4-3-5-11(8-10)20-6-1-2-7-20/h1-9H,(H2,17,18,19,21,22). The van der Waals surface area contributed by atoms with Gasteiger partial charge in [0.25, 0.3) is 5.91 Å². The van der Waals surface area contributed by atoms with Crippen molar-refractivity contribution in [3.05, 3.63) is 76.9 Å². The van der Waals surface area contributed by atoms with Crippen molar-refractivity contribution in [1.82, 2.24) is 14.5 Å². The normalized spacial score (nSPS) is 10.4. The molecule has 0 aliphatic heterocycles. The van der Waals surface area contributed by atoms with Crippen molar-refractivity contribution in [2.45, 2.75) is 0 Å². The van der Waals surface area contributed by atoms with Gasteiger partial charge in [-0.25, -0.2) is 9.18 Å². The van der Waals surface area contributed by atoms with Crippen molar-refractivity contribution in [2.75, 3.05) is 5.32 Å². The van der Waals surface area contributed by atoms with Gasteiger partial charge in [0.15, 0.2) is 11.6 Å². The molecule has 3 rings (SSSR count). The monoisotopic (exact) mass is 298 g/mol. The highest BCUT2D eigenvalue weighted by molar-refractivity contribution is 6.04. The molecule has 7 heteroatoms. The Hall–Kier alpha value is -3.22. The predicted octanol–water partition coefficient (Wildman–Crippen LogP) is 1.95. The van der Waals surface area contributed by atoms with Gasteiger partial charge in [-0.1, -0.05) is 6.07 Å². The van der Waals surface area contributed by atoms with E-state index in [9.17, 15) is 14.0 Å². The molecule has 1 aromatic carbocycles. The number of anilines is 1. The van der Waals surface area contributed by atoms with Gasteiger partial charge >= 0.3 is 5.69 Å². The van der Waals surface area contributed by atoms with Crippen LogP contribution < -0.4 is 11.0 Å². The highest BCUT2D eigenvalue weighted by Crippen LogP contribution is 2.13. The number of nitrogens with zero attached hydrogens (tertiary/aromatic N) is 2. The fourth-order valence-electron chi connectivity index (χ4n) is 1.97. The number of carbonyl (C=O) groups excluding carboxylic acids is 1. The molecular weight excluding hydrogens is 287 g/mol. The molecule has 2 N–H and O–H groups in total. The van der Waals surface area contributed by atoms with Crippen molar-refractivity contribution in [3.8, 4) is 5.69 Å². The minimum atomic E-state index is -0.811. The lowest BCUT2D eigenvalue weighted by molar-refractivity contribution is 0.102. The van der Waals surface area contributed by atoms with Crippen LogP contribution in [-0.4, -0.2) is 20.4 Å². The van der Waals surface area contributed by atoms with E-state index in [-0.39, 0.29) is 5.82 Å². The minimum absolute atomic E-state index is 0.309. The van der Waals surface area contributed by atoms with Crippen molar-refractivity contribution in [2.24, 2.45) is 0 Å². The van der Waals surface area contributed by atoms with E-state index >= 15 is 0 Å². The lowest BCUT2D eigenvalue weighted by Gasteiger charge is -2.08. The SMILES string of the molecule is O=C(Nc1[nH]c(=O)ncc1F)c1cccc(-n2cccc2)c1. The average molecular weight is 298 g/mol. The van der Waals surface area contributed by atoms with Crippen molar-refractivity contribution in [3.63, 3.8) is 0 Å². The van der Waals surface area contributed by atoms with Gasteiger partial charge in [-0.05, 0) is 30.3 Å². The van der Waals surface area contributed by atoms with Crippen LogP contribution in [0.25, 0.3) is 5.69 Å². The van der Waals surface area contributed by atoms with Crippen LogP contribution in [0.4, 0.5) is 10.2 Å². The minimum Gasteiger partial charge on any atom is -0.324 e. The molecule has 22 heavy (non-hydrogen) atoms. The largest absolute Gasteiger partial charge is 0.346 e. The number of benzene rings is 1. The van der Waals surface area contributed by atoms with E-state index in [0.717, 1.165) is 11.9 Å². The fourth-order valence-corrected chi connectivity index (χ4v) is 1.97. The molecule has 0 bridgehead atoms. The molecule has 1 amide bonds. The van der Waals surface area contributed by atoms with E-state index in [1.807, 2.05) is 35.2 Å². The molecule has 0 aliphatic carbocycles. The van der Waals surface area contributed by atoms with E-state index in [1.54, 1.807) is 18.2 Å². The average Bonchev–Trinajstić information content (AvgIpc) is 3.05. The van der Waals surface area contributed by atoms with Crippen LogP contribution in [0.1, 0.15) is 10.4 Å². The first-order valence-corrected chi connectivity index (χ1v) is 6.43. The van der Waals surface area contributed by atoms with Gasteiger partial charge in [0.2, 0.25) is 0 Å². The Kier molecular flexibility index (Phi) is 3.53. The Labute approximate surface area is 124 Å². The number of rotatable bonds is 3. The molecule has 0 spiro atoms. The van der Waals surface area contributed by atoms with Crippen LogP contribution in [-0.2, 0) is 0 Å². The van der Waals surface area contributed by atoms with Gasteiger partial charge < -0.3 is 9.88 Å². The van der Waals surface area contributed by atoms with Crippen molar-refractivity contribution < 1.29 is 9.18 Å². The Morgan fingerprint density at radius 2 is 2.00 bits per heavy atom. The second-order valence-corrected chi connectivity index (χ2v) is 4.51. The molecule has 0 atom stereocenters. The molecule has 0 aliphatic rings. The zero-order valence-corrected chi connectivity index (χ0v) is 11.3. The smallest absolute Gasteiger partial charge is 0.324 e. The third kappa shape index (κ3) is 2.78. The summed E-state index contributed by atoms with van der Waals surface area (Å²) in [5.41, 5.74) is 0.391. The lowest BCUT2D eigenvalue weighted by Crippen LogP contribution is -2.19. The van der Waals surface area contributed by atoms with E-state index < -0.39 is 17.4 Å². The number of aromatic amines is 1. The molecular formula is C15H11FN4O2. The number of H-pyrrole nitrogens is 1. The first-order valence-electron chi connectivity index (χ1n) is 6.43.